The number of hydrogen-bond donors (Lipinski definition) is 1. The summed E-state index contributed by atoms with van der Waals surface area (Å²) in [6, 6.07) is 9.66. The predicted octanol–water partition coefficient (Wildman–Crippen LogP) is 0.669. The van der Waals surface area contributed by atoms with Gasteiger partial charge < -0.3 is 19.5 Å². The summed E-state index contributed by atoms with van der Waals surface area (Å²) in [6.45, 7) is 0.857. The molecule has 0 aromatic heterocycles. The van der Waals surface area contributed by atoms with Crippen LogP contribution in [0.1, 0.15) is 5.56 Å². The highest BCUT2D eigenvalue weighted by atomic mass is 16.5. The van der Waals surface area contributed by atoms with E-state index in [2.05, 4.69) is 0 Å². The molecule has 0 aliphatic carbocycles. The van der Waals surface area contributed by atoms with Crippen molar-refractivity contribution in [3.05, 3.63) is 35.9 Å². The second kappa shape index (κ2) is 8.63. The van der Waals surface area contributed by atoms with E-state index < -0.39 is 6.10 Å². The average Bonchev–Trinajstić information content (AvgIpc) is 2.40. The second-order valence-electron chi connectivity index (χ2n) is 4.36. The molecule has 1 atom stereocenters. The van der Waals surface area contributed by atoms with E-state index in [9.17, 15) is 9.90 Å². The first-order valence-electron chi connectivity index (χ1n) is 6.16. The molecule has 5 heteroatoms. The van der Waals surface area contributed by atoms with E-state index in [1.807, 2.05) is 30.3 Å². The first-order valence-corrected chi connectivity index (χ1v) is 6.16. The Bertz CT molecular complexity index is 369. The van der Waals surface area contributed by atoms with Crippen molar-refractivity contribution in [1.82, 2.24) is 4.90 Å². The lowest BCUT2D eigenvalue weighted by Crippen LogP contribution is -2.38. The van der Waals surface area contributed by atoms with Crippen LogP contribution in [0.2, 0.25) is 0 Å². The highest BCUT2D eigenvalue weighted by Gasteiger charge is 2.13. The fourth-order valence-corrected chi connectivity index (χ4v) is 1.60. The van der Waals surface area contributed by atoms with Crippen molar-refractivity contribution in [2.45, 2.75) is 12.7 Å². The van der Waals surface area contributed by atoms with Crippen molar-refractivity contribution < 1.29 is 19.4 Å². The molecule has 1 N–H and O–H groups in total. The maximum atomic E-state index is 11.7. The molecule has 0 heterocycles. The number of hydrogen-bond acceptors (Lipinski definition) is 4. The van der Waals surface area contributed by atoms with Crippen LogP contribution >= 0.6 is 0 Å². The zero-order chi connectivity index (χ0) is 14.1. The second-order valence-corrected chi connectivity index (χ2v) is 4.36. The highest BCUT2D eigenvalue weighted by molar-refractivity contribution is 5.77. The third kappa shape index (κ3) is 6.33. The van der Waals surface area contributed by atoms with Crippen LogP contribution in [0, 0.1) is 0 Å². The number of rotatable bonds is 8. The minimum atomic E-state index is -0.673. The topological polar surface area (TPSA) is 59.0 Å². The number of amides is 1. The number of carbonyl (C=O) groups is 1. The molecule has 0 radical (unpaired) electrons. The molecular formula is C14H21NO4. The van der Waals surface area contributed by atoms with Gasteiger partial charge in [-0.25, -0.2) is 0 Å². The molecule has 0 saturated heterocycles. The van der Waals surface area contributed by atoms with Crippen LogP contribution in [0.15, 0.2) is 30.3 Å². The Labute approximate surface area is 113 Å². The molecule has 1 amide bonds. The molecule has 5 nitrogen and oxygen atoms in total. The SMILES string of the molecule is COCC(O)CN(C)C(=O)COCc1ccccc1. The number of likely N-dealkylation sites (N-methyl/N-ethyl adjacent to an activating group) is 1. The molecular weight excluding hydrogens is 246 g/mol. The minimum absolute atomic E-state index is 0.00506. The zero-order valence-electron chi connectivity index (χ0n) is 11.4. The number of aliphatic hydroxyl groups excluding tert-OH is 1. The standard InChI is InChI=1S/C14H21NO4/c1-15(8-13(16)10-18-2)14(17)11-19-9-12-6-4-3-5-7-12/h3-7,13,16H,8-11H2,1-2H3. The van der Waals surface area contributed by atoms with E-state index in [-0.39, 0.29) is 25.7 Å². The Hall–Kier alpha value is -1.43. The Balaban J connectivity index is 2.23. The molecule has 0 aliphatic rings. The lowest BCUT2D eigenvalue weighted by Gasteiger charge is -2.20. The fraction of sp³-hybridized carbons (Fsp3) is 0.500. The summed E-state index contributed by atoms with van der Waals surface area (Å²) < 4.78 is 10.1. The Morgan fingerprint density at radius 1 is 1.37 bits per heavy atom. The van der Waals surface area contributed by atoms with Gasteiger partial charge in [0.2, 0.25) is 5.91 Å². The summed E-state index contributed by atoms with van der Waals surface area (Å²) in [5.74, 6) is -0.161. The van der Waals surface area contributed by atoms with E-state index in [0.717, 1.165) is 5.56 Å². The van der Waals surface area contributed by atoms with Gasteiger partial charge in [0.1, 0.15) is 6.61 Å². The summed E-state index contributed by atoms with van der Waals surface area (Å²) in [6.07, 6.45) is -0.673. The molecule has 106 valence electrons. The lowest BCUT2D eigenvalue weighted by molar-refractivity contribution is -0.136. The van der Waals surface area contributed by atoms with Gasteiger partial charge >= 0.3 is 0 Å². The van der Waals surface area contributed by atoms with E-state index in [4.69, 9.17) is 9.47 Å². The number of nitrogens with zero attached hydrogens (tertiary/aromatic N) is 1. The quantitative estimate of drug-likeness (QED) is 0.752. The molecule has 1 aromatic rings. The van der Waals surface area contributed by atoms with Crippen molar-refractivity contribution in [3.8, 4) is 0 Å². The zero-order valence-corrected chi connectivity index (χ0v) is 11.4. The smallest absolute Gasteiger partial charge is 0.248 e. The van der Waals surface area contributed by atoms with Gasteiger partial charge in [-0.1, -0.05) is 30.3 Å². The Morgan fingerprint density at radius 2 is 2.05 bits per heavy atom. The summed E-state index contributed by atoms with van der Waals surface area (Å²) in [7, 11) is 3.14. The molecule has 1 aromatic carbocycles. The van der Waals surface area contributed by atoms with E-state index in [0.29, 0.717) is 6.61 Å². The van der Waals surface area contributed by atoms with E-state index >= 15 is 0 Å². The van der Waals surface area contributed by atoms with Gasteiger partial charge in [0.25, 0.3) is 0 Å². The maximum absolute atomic E-state index is 11.7. The van der Waals surface area contributed by atoms with Crippen LogP contribution in [0.3, 0.4) is 0 Å². The third-order valence-corrected chi connectivity index (χ3v) is 2.61. The van der Waals surface area contributed by atoms with Gasteiger partial charge in [-0.15, -0.1) is 0 Å². The minimum Gasteiger partial charge on any atom is -0.389 e. The number of methoxy groups -OCH3 is 1. The first-order chi connectivity index (χ1) is 9.13. The number of benzene rings is 1. The van der Waals surface area contributed by atoms with Crippen molar-refractivity contribution in [2.24, 2.45) is 0 Å². The van der Waals surface area contributed by atoms with Crippen LogP contribution in [0.5, 0.6) is 0 Å². The maximum Gasteiger partial charge on any atom is 0.248 e. The van der Waals surface area contributed by atoms with Crippen LogP contribution in [0.4, 0.5) is 0 Å². The monoisotopic (exact) mass is 267 g/mol. The summed E-state index contributed by atoms with van der Waals surface area (Å²) in [5, 5.41) is 9.51. The molecule has 1 unspecified atom stereocenters. The van der Waals surface area contributed by atoms with Gasteiger partial charge in [-0.3, -0.25) is 4.79 Å². The summed E-state index contributed by atoms with van der Waals surface area (Å²) in [5.41, 5.74) is 1.03. The van der Waals surface area contributed by atoms with Crippen LogP contribution in [0.25, 0.3) is 0 Å². The largest absolute Gasteiger partial charge is 0.389 e. The van der Waals surface area contributed by atoms with Gasteiger partial charge in [-0.2, -0.15) is 0 Å². The van der Waals surface area contributed by atoms with Crippen molar-refractivity contribution in [3.63, 3.8) is 0 Å². The molecule has 0 bridgehead atoms. The third-order valence-electron chi connectivity index (χ3n) is 2.61. The number of ether oxygens (including phenoxy) is 2. The number of aliphatic hydroxyl groups is 1. The van der Waals surface area contributed by atoms with Crippen LogP contribution in [-0.4, -0.2) is 55.9 Å². The lowest BCUT2D eigenvalue weighted by atomic mass is 10.2. The van der Waals surface area contributed by atoms with Crippen molar-refractivity contribution >= 4 is 5.91 Å². The summed E-state index contributed by atoms with van der Waals surface area (Å²) >= 11 is 0. The fourth-order valence-electron chi connectivity index (χ4n) is 1.60. The average molecular weight is 267 g/mol. The van der Waals surface area contributed by atoms with Gasteiger partial charge in [-0.05, 0) is 5.56 Å². The van der Waals surface area contributed by atoms with Gasteiger partial charge in [0.15, 0.2) is 0 Å². The van der Waals surface area contributed by atoms with Gasteiger partial charge in [0.05, 0.1) is 19.3 Å². The van der Waals surface area contributed by atoms with Crippen LogP contribution in [-0.2, 0) is 20.9 Å². The van der Waals surface area contributed by atoms with E-state index in [1.54, 1.807) is 7.05 Å². The van der Waals surface area contributed by atoms with E-state index in [1.165, 1.54) is 12.0 Å². The Kier molecular flexibility index (Phi) is 7.10. The molecule has 0 fully saturated rings. The first kappa shape index (κ1) is 15.6. The predicted molar refractivity (Wildman–Crippen MR) is 71.6 cm³/mol. The highest BCUT2D eigenvalue weighted by Crippen LogP contribution is 2.01. The normalized spacial score (nSPS) is 12.2. The van der Waals surface area contributed by atoms with Crippen molar-refractivity contribution in [1.29, 1.82) is 0 Å². The number of carbonyl (C=O) groups excluding carboxylic acids is 1. The molecule has 0 saturated carbocycles. The molecule has 0 aliphatic heterocycles. The van der Waals surface area contributed by atoms with Gasteiger partial charge in [0, 0.05) is 20.7 Å². The summed E-state index contributed by atoms with van der Waals surface area (Å²) in [4.78, 5) is 13.2. The van der Waals surface area contributed by atoms with Crippen molar-refractivity contribution in [2.75, 3.05) is 33.9 Å². The molecule has 19 heavy (non-hydrogen) atoms. The van der Waals surface area contributed by atoms with Crippen LogP contribution < -0.4 is 0 Å². The molecule has 0 spiro atoms. The molecule has 1 rings (SSSR count). The Morgan fingerprint density at radius 3 is 2.68 bits per heavy atom.